The Morgan fingerprint density at radius 3 is 2.53 bits per heavy atom. The van der Waals surface area contributed by atoms with Crippen molar-refractivity contribution in [2.75, 3.05) is 5.32 Å². The van der Waals surface area contributed by atoms with Gasteiger partial charge in [0.05, 0.1) is 5.69 Å². The van der Waals surface area contributed by atoms with Crippen LogP contribution < -0.4 is 5.32 Å². The number of carbonyl (C=O) groups excluding carboxylic acids is 1. The normalized spacial score (nSPS) is 10.3. The van der Waals surface area contributed by atoms with Gasteiger partial charge in [-0.1, -0.05) is 0 Å². The van der Waals surface area contributed by atoms with E-state index in [9.17, 15) is 18.0 Å². The molecule has 2 rings (SSSR count). The first-order valence-electron chi connectivity index (χ1n) is 5.37. The fourth-order valence-corrected chi connectivity index (χ4v) is 1.49. The highest BCUT2D eigenvalue weighted by atomic mass is 19.1. The van der Waals surface area contributed by atoms with E-state index in [1.165, 1.54) is 19.1 Å². The molecule has 1 heterocycles. The Morgan fingerprint density at radius 1 is 1.16 bits per heavy atom. The highest BCUT2D eigenvalue weighted by Gasteiger charge is 2.12. The van der Waals surface area contributed by atoms with E-state index >= 15 is 0 Å². The van der Waals surface area contributed by atoms with Crippen LogP contribution in [0.1, 0.15) is 15.9 Å². The van der Waals surface area contributed by atoms with Crippen molar-refractivity contribution in [2.45, 2.75) is 6.92 Å². The molecule has 0 saturated carbocycles. The third kappa shape index (κ3) is 2.90. The highest BCUT2D eigenvalue weighted by molar-refractivity contribution is 6.04. The highest BCUT2D eigenvalue weighted by Crippen LogP contribution is 2.15. The Hall–Kier alpha value is -2.37. The van der Waals surface area contributed by atoms with Crippen molar-refractivity contribution in [1.82, 2.24) is 4.98 Å². The third-order valence-electron chi connectivity index (χ3n) is 2.48. The Morgan fingerprint density at radius 2 is 1.89 bits per heavy atom. The summed E-state index contributed by atoms with van der Waals surface area (Å²) in [5.41, 5.74) is 0.223. The number of rotatable bonds is 2. The molecule has 2 aromatic rings. The Labute approximate surface area is 107 Å². The van der Waals surface area contributed by atoms with Gasteiger partial charge in [0.1, 0.15) is 5.82 Å². The number of aryl methyl sites for hydroxylation is 1. The molecule has 0 fully saturated rings. The first-order valence-corrected chi connectivity index (χ1v) is 5.37. The van der Waals surface area contributed by atoms with E-state index in [-0.39, 0.29) is 11.3 Å². The first-order chi connectivity index (χ1) is 8.97. The molecule has 0 spiro atoms. The Bertz CT molecular complexity index is 644. The number of amides is 1. The van der Waals surface area contributed by atoms with E-state index < -0.39 is 23.6 Å². The lowest BCUT2D eigenvalue weighted by atomic mass is 10.1. The van der Waals surface area contributed by atoms with Gasteiger partial charge in [0, 0.05) is 5.56 Å². The molecule has 1 amide bonds. The molecule has 6 heteroatoms. The average molecular weight is 266 g/mol. The van der Waals surface area contributed by atoms with E-state index in [1.807, 2.05) is 0 Å². The zero-order chi connectivity index (χ0) is 14.0. The lowest BCUT2D eigenvalue weighted by molar-refractivity contribution is 0.102. The van der Waals surface area contributed by atoms with E-state index in [2.05, 4.69) is 10.3 Å². The number of hydrogen-bond donors (Lipinski definition) is 1. The number of hydrogen-bond acceptors (Lipinski definition) is 2. The van der Waals surface area contributed by atoms with Crippen LogP contribution in [0.3, 0.4) is 0 Å². The average Bonchev–Trinajstić information content (AvgIpc) is 2.36. The number of carbonyl (C=O) groups is 1. The summed E-state index contributed by atoms with van der Waals surface area (Å²) in [6.07, 6.45) is 0. The molecule has 3 nitrogen and oxygen atoms in total. The van der Waals surface area contributed by atoms with Crippen molar-refractivity contribution in [3.8, 4) is 0 Å². The van der Waals surface area contributed by atoms with Crippen LogP contribution >= 0.6 is 0 Å². The van der Waals surface area contributed by atoms with Gasteiger partial charge in [0.15, 0.2) is 0 Å². The topological polar surface area (TPSA) is 42.0 Å². The minimum absolute atomic E-state index is 0.169. The molecule has 0 aliphatic heterocycles. The Balaban J connectivity index is 2.23. The van der Waals surface area contributed by atoms with Crippen LogP contribution in [0.15, 0.2) is 30.3 Å². The molecule has 0 aliphatic carbocycles. The van der Waals surface area contributed by atoms with E-state index in [4.69, 9.17) is 0 Å². The molecule has 0 atom stereocenters. The fourth-order valence-electron chi connectivity index (χ4n) is 1.49. The van der Waals surface area contributed by atoms with Crippen molar-refractivity contribution < 1.29 is 18.0 Å². The number of pyridine rings is 1. The van der Waals surface area contributed by atoms with Crippen molar-refractivity contribution in [3.05, 3.63) is 59.2 Å². The summed E-state index contributed by atoms with van der Waals surface area (Å²) in [5, 5.41) is 2.23. The van der Waals surface area contributed by atoms with Gasteiger partial charge in [0.25, 0.3) is 5.91 Å². The predicted octanol–water partition coefficient (Wildman–Crippen LogP) is 3.06. The monoisotopic (exact) mass is 266 g/mol. The summed E-state index contributed by atoms with van der Waals surface area (Å²) >= 11 is 0. The quantitative estimate of drug-likeness (QED) is 0.849. The summed E-state index contributed by atoms with van der Waals surface area (Å²) in [7, 11) is 0. The molecule has 1 aromatic heterocycles. The molecule has 0 bridgehead atoms. The van der Waals surface area contributed by atoms with Gasteiger partial charge in [-0.25, -0.2) is 4.39 Å². The maximum atomic E-state index is 13.2. The molecule has 0 unspecified atom stereocenters. The zero-order valence-electron chi connectivity index (χ0n) is 9.88. The van der Waals surface area contributed by atoms with Crippen LogP contribution in [-0.4, -0.2) is 10.9 Å². The number of halogens is 3. The largest absolute Gasteiger partial charge is 0.318 e. The molecule has 1 N–H and O–H groups in total. The van der Waals surface area contributed by atoms with Gasteiger partial charge >= 0.3 is 0 Å². The van der Waals surface area contributed by atoms with E-state index in [1.54, 1.807) is 0 Å². The molecule has 0 saturated heterocycles. The first kappa shape index (κ1) is 13.1. The van der Waals surface area contributed by atoms with Gasteiger partial charge in [-0.3, -0.25) is 4.79 Å². The predicted molar refractivity (Wildman–Crippen MR) is 63.2 cm³/mol. The van der Waals surface area contributed by atoms with Crippen molar-refractivity contribution in [3.63, 3.8) is 0 Å². The van der Waals surface area contributed by atoms with Crippen LogP contribution in [0.2, 0.25) is 0 Å². The summed E-state index contributed by atoms with van der Waals surface area (Å²) in [4.78, 5) is 14.7. The molecule has 19 heavy (non-hydrogen) atoms. The third-order valence-corrected chi connectivity index (χ3v) is 2.48. The van der Waals surface area contributed by atoms with E-state index in [0.717, 1.165) is 18.2 Å². The van der Waals surface area contributed by atoms with Crippen molar-refractivity contribution in [1.29, 1.82) is 0 Å². The molecule has 0 aliphatic rings. The zero-order valence-corrected chi connectivity index (χ0v) is 9.88. The lowest BCUT2D eigenvalue weighted by Gasteiger charge is -2.06. The summed E-state index contributed by atoms with van der Waals surface area (Å²) in [5.74, 6) is -3.16. The number of aromatic nitrogens is 1. The maximum Gasteiger partial charge on any atom is 0.255 e. The number of nitrogens with zero attached hydrogens (tertiary/aromatic N) is 1. The van der Waals surface area contributed by atoms with Gasteiger partial charge in [-0.2, -0.15) is 13.8 Å². The van der Waals surface area contributed by atoms with Gasteiger partial charge < -0.3 is 5.32 Å². The molecule has 1 aromatic carbocycles. The van der Waals surface area contributed by atoms with E-state index in [0.29, 0.717) is 5.56 Å². The molecule has 98 valence electrons. The second kappa shape index (κ2) is 5.09. The molecular formula is C13H9F3N2O. The smallest absolute Gasteiger partial charge is 0.255 e. The number of benzene rings is 1. The lowest BCUT2D eigenvalue weighted by Crippen LogP contribution is -2.14. The summed E-state index contributed by atoms with van der Waals surface area (Å²) in [6, 6.07) is 5.73. The van der Waals surface area contributed by atoms with Crippen LogP contribution in [0.25, 0.3) is 0 Å². The second-order valence-corrected chi connectivity index (χ2v) is 3.89. The van der Waals surface area contributed by atoms with Gasteiger partial charge in [-0.15, -0.1) is 0 Å². The maximum absolute atomic E-state index is 13.2. The molecule has 0 radical (unpaired) electrons. The second-order valence-electron chi connectivity index (χ2n) is 3.89. The van der Waals surface area contributed by atoms with Crippen LogP contribution in [0.4, 0.5) is 18.9 Å². The van der Waals surface area contributed by atoms with Crippen molar-refractivity contribution in [2.24, 2.45) is 0 Å². The van der Waals surface area contributed by atoms with Gasteiger partial charge in [0.2, 0.25) is 11.9 Å². The number of nitrogens with one attached hydrogen (secondary N) is 1. The molecular weight excluding hydrogens is 257 g/mol. The van der Waals surface area contributed by atoms with Crippen molar-refractivity contribution >= 4 is 11.6 Å². The summed E-state index contributed by atoms with van der Waals surface area (Å²) in [6.45, 7) is 1.51. The Kier molecular flexibility index (Phi) is 3.50. The minimum atomic E-state index is -1.12. The van der Waals surface area contributed by atoms with Crippen LogP contribution in [-0.2, 0) is 0 Å². The fraction of sp³-hybridized carbons (Fsp3) is 0.0769. The van der Waals surface area contributed by atoms with Crippen LogP contribution in [0.5, 0.6) is 0 Å². The summed E-state index contributed by atoms with van der Waals surface area (Å²) < 4.78 is 38.9. The minimum Gasteiger partial charge on any atom is -0.318 e. The number of anilines is 1. The van der Waals surface area contributed by atoms with Gasteiger partial charge in [-0.05, 0) is 42.8 Å². The standard InChI is InChI=1S/C13H9F3N2O/c1-7-6-8(2-3-9(7)14)13(19)17-10-4-5-11(15)18-12(10)16/h2-6H,1H3,(H,17,19). The van der Waals surface area contributed by atoms with Crippen LogP contribution in [0, 0.1) is 24.6 Å². The SMILES string of the molecule is Cc1cc(C(=O)Nc2ccc(F)nc2F)ccc1F.